The van der Waals surface area contributed by atoms with E-state index in [0.717, 1.165) is 37.0 Å². The number of carbonyl (C=O) groups excluding carboxylic acids is 1. The first-order valence-electron chi connectivity index (χ1n) is 6.60. The average Bonchev–Trinajstić information content (AvgIpc) is 2.30. The van der Waals surface area contributed by atoms with E-state index in [-0.39, 0.29) is 32.7 Å². The average molecular weight is 296 g/mol. The van der Waals surface area contributed by atoms with Gasteiger partial charge in [-0.3, -0.25) is 4.79 Å². The van der Waals surface area contributed by atoms with Gasteiger partial charge in [0.15, 0.2) is 0 Å². The molecule has 0 bridgehead atoms. The molecule has 0 aromatic rings. The first kappa shape index (κ1) is 14.8. The number of ketones is 1. The molecule has 2 aliphatic carbocycles. The number of Topliss-reactive ketones (excluding diaryl/α,β-unsaturated/α-hetero) is 1. The molecule has 1 nitrogen and oxygen atoms in total. The first-order valence-corrected chi connectivity index (χ1v) is 6.60. The van der Waals surface area contributed by atoms with E-state index in [4.69, 9.17) is 0 Å². The van der Waals surface area contributed by atoms with Crippen molar-refractivity contribution in [1.29, 1.82) is 0 Å². The fraction of sp³-hybridized carbons (Fsp3) is 0.857. The summed E-state index contributed by atoms with van der Waals surface area (Å²) in [5.74, 6) is 3.19. The van der Waals surface area contributed by atoms with Crippen LogP contribution in [0.4, 0.5) is 0 Å². The zero-order valence-corrected chi connectivity index (χ0v) is 13.1. The summed E-state index contributed by atoms with van der Waals surface area (Å²) >= 11 is 0. The maximum Gasteiger partial charge on any atom is 0.132 e. The Morgan fingerprint density at radius 2 is 1.44 bits per heavy atom. The van der Waals surface area contributed by atoms with Gasteiger partial charge in [-0.25, -0.2) is 0 Å². The molecule has 0 N–H and O–H groups in total. The minimum Gasteiger partial charge on any atom is -0.343 e. The van der Waals surface area contributed by atoms with Crippen molar-refractivity contribution in [2.24, 2.45) is 17.8 Å². The minimum atomic E-state index is 0. The molecular weight excluding hydrogens is 273 g/mol. The summed E-state index contributed by atoms with van der Waals surface area (Å²) in [7, 11) is 0. The summed E-state index contributed by atoms with van der Waals surface area (Å²) in [6.07, 6.45) is 10.8. The van der Waals surface area contributed by atoms with Gasteiger partial charge in [-0.1, -0.05) is 31.6 Å². The molecule has 2 aliphatic rings. The molecule has 1 radical (unpaired) electrons. The van der Waals surface area contributed by atoms with Gasteiger partial charge in [0.2, 0.25) is 0 Å². The van der Waals surface area contributed by atoms with E-state index in [1.807, 2.05) is 0 Å². The summed E-state index contributed by atoms with van der Waals surface area (Å²) in [5.41, 5.74) is 0. The van der Waals surface area contributed by atoms with Gasteiger partial charge in [0.05, 0.1) is 0 Å². The molecule has 2 saturated carbocycles. The minimum absolute atomic E-state index is 0. The third-order valence-corrected chi connectivity index (χ3v) is 4.55. The fourth-order valence-electron chi connectivity index (χ4n) is 3.38. The molecule has 0 aromatic carbocycles. The molecule has 89 valence electrons. The van der Waals surface area contributed by atoms with E-state index in [0.29, 0.717) is 5.78 Å². The largest absolute Gasteiger partial charge is 0.343 e. The molecule has 0 heterocycles. The van der Waals surface area contributed by atoms with Crippen LogP contribution in [-0.4, -0.2) is 5.78 Å². The monoisotopic (exact) mass is 296 g/mol. The summed E-state index contributed by atoms with van der Waals surface area (Å²) in [4.78, 5) is 11.2. The normalized spacial score (nSPS) is 32.2. The fourth-order valence-corrected chi connectivity index (χ4v) is 3.38. The van der Waals surface area contributed by atoms with Crippen LogP contribution in [0, 0.1) is 24.7 Å². The zero-order valence-electron chi connectivity index (χ0n) is 10.3. The smallest absolute Gasteiger partial charge is 0.132 e. The van der Waals surface area contributed by atoms with Crippen LogP contribution in [0.5, 0.6) is 0 Å². The van der Waals surface area contributed by atoms with Crippen molar-refractivity contribution in [2.75, 3.05) is 0 Å². The molecule has 0 amide bonds. The molecule has 0 aliphatic heterocycles. The van der Waals surface area contributed by atoms with Crippen LogP contribution >= 0.6 is 0 Å². The molecular formula is C14H23OY-. The van der Waals surface area contributed by atoms with E-state index in [1.54, 1.807) is 0 Å². The van der Waals surface area contributed by atoms with Gasteiger partial charge in [0.1, 0.15) is 5.78 Å². The van der Waals surface area contributed by atoms with Crippen LogP contribution < -0.4 is 0 Å². The van der Waals surface area contributed by atoms with Crippen LogP contribution in [0.15, 0.2) is 0 Å². The van der Waals surface area contributed by atoms with Crippen LogP contribution in [0.3, 0.4) is 0 Å². The van der Waals surface area contributed by atoms with Crippen molar-refractivity contribution < 1.29 is 37.5 Å². The molecule has 16 heavy (non-hydrogen) atoms. The van der Waals surface area contributed by atoms with Gasteiger partial charge in [-0.2, -0.15) is 6.42 Å². The summed E-state index contributed by atoms with van der Waals surface area (Å²) in [6, 6.07) is 0. The number of hydrogen-bond donors (Lipinski definition) is 0. The first-order chi connectivity index (χ1) is 7.29. The van der Waals surface area contributed by atoms with Crippen molar-refractivity contribution in [3.63, 3.8) is 0 Å². The van der Waals surface area contributed by atoms with Gasteiger partial charge >= 0.3 is 0 Å². The van der Waals surface area contributed by atoms with Crippen LogP contribution in [0.25, 0.3) is 0 Å². The van der Waals surface area contributed by atoms with Crippen molar-refractivity contribution >= 4 is 5.78 Å². The molecule has 0 aromatic heterocycles. The van der Waals surface area contributed by atoms with E-state index in [1.165, 1.54) is 38.5 Å². The quantitative estimate of drug-likeness (QED) is 0.709. The van der Waals surface area contributed by atoms with E-state index in [2.05, 4.69) is 6.92 Å². The van der Waals surface area contributed by atoms with Crippen molar-refractivity contribution in [3.8, 4) is 0 Å². The summed E-state index contributed by atoms with van der Waals surface area (Å²) in [5, 5.41) is 0. The van der Waals surface area contributed by atoms with Crippen LogP contribution in [0.1, 0.15) is 57.8 Å². The Morgan fingerprint density at radius 3 is 1.94 bits per heavy atom. The third-order valence-electron chi connectivity index (χ3n) is 4.55. The number of rotatable bonds is 2. The van der Waals surface area contributed by atoms with Gasteiger partial charge < -0.3 is 6.92 Å². The topological polar surface area (TPSA) is 17.1 Å². The van der Waals surface area contributed by atoms with Crippen molar-refractivity contribution in [2.45, 2.75) is 57.8 Å². The molecule has 0 saturated heterocycles. The SMILES string of the molecule is [CH2-]CC1CCC(C2CCC(=O)CC2)CC1.[Y]. The van der Waals surface area contributed by atoms with Gasteiger partial charge in [-0.05, 0) is 24.7 Å². The second kappa shape index (κ2) is 7.26. The molecule has 0 unspecified atom stereocenters. The summed E-state index contributed by atoms with van der Waals surface area (Å²) in [6.45, 7) is 4.01. The Morgan fingerprint density at radius 1 is 0.938 bits per heavy atom. The molecule has 2 fully saturated rings. The van der Waals surface area contributed by atoms with Gasteiger partial charge in [0, 0.05) is 45.6 Å². The van der Waals surface area contributed by atoms with Crippen molar-refractivity contribution in [1.82, 2.24) is 0 Å². The standard InChI is InChI=1S/C14H23O.Y/c1-2-11-3-5-12(6-4-11)13-7-9-14(15)10-8-13;/h11-13H,1-10H2;/q-1;. The molecule has 0 atom stereocenters. The Balaban J connectivity index is 0.00000128. The maximum absolute atomic E-state index is 11.2. The Kier molecular flexibility index (Phi) is 6.73. The number of carbonyl (C=O) groups is 1. The zero-order chi connectivity index (χ0) is 10.7. The third kappa shape index (κ3) is 3.91. The molecule has 2 heteroatoms. The Hall–Kier alpha value is 0.774. The second-order valence-electron chi connectivity index (χ2n) is 5.45. The Labute approximate surface area is 125 Å². The van der Waals surface area contributed by atoms with Crippen molar-refractivity contribution in [3.05, 3.63) is 6.92 Å². The predicted molar refractivity (Wildman–Crippen MR) is 62.4 cm³/mol. The predicted octanol–water partition coefficient (Wildman–Crippen LogP) is 3.77. The van der Waals surface area contributed by atoms with E-state index >= 15 is 0 Å². The van der Waals surface area contributed by atoms with Gasteiger partial charge in [-0.15, -0.1) is 0 Å². The number of hydrogen-bond acceptors (Lipinski definition) is 1. The molecule has 0 spiro atoms. The Bertz CT molecular complexity index is 209. The van der Waals surface area contributed by atoms with E-state index in [9.17, 15) is 4.79 Å². The summed E-state index contributed by atoms with van der Waals surface area (Å²) < 4.78 is 0. The second-order valence-corrected chi connectivity index (χ2v) is 5.45. The van der Waals surface area contributed by atoms with Crippen LogP contribution in [0.2, 0.25) is 0 Å². The van der Waals surface area contributed by atoms with Gasteiger partial charge in [0.25, 0.3) is 0 Å². The maximum atomic E-state index is 11.2. The molecule has 2 rings (SSSR count). The van der Waals surface area contributed by atoms with Crippen LogP contribution in [-0.2, 0) is 37.5 Å². The van der Waals surface area contributed by atoms with E-state index < -0.39 is 0 Å².